The lowest BCUT2D eigenvalue weighted by Gasteiger charge is -2.12. The summed E-state index contributed by atoms with van der Waals surface area (Å²) in [5, 5.41) is 5.66. The summed E-state index contributed by atoms with van der Waals surface area (Å²) in [6, 6.07) is 25.7. The van der Waals surface area contributed by atoms with Gasteiger partial charge in [0.25, 0.3) is 0 Å². The minimum absolute atomic E-state index is 0.386. The number of fused-ring (bicyclic) bond motifs is 1. The van der Waals surface area contributed by atoms with E-state index in [1.807, 2.05) is 96.8 Å². The molecule has 0 atom stereocenters. The van der Waals surface area contributed by atoms with Crippen LogP contribution in [0.4, 0.5) is 0 Å². The van der Waals surface area contributed by atoms with E-state index < -0.39 is 0 Å². The molecule has 3 aromatic heterocycles. The molecule has 7 heteroatoms. The van der Waals surface area contributed by atoms with Crippen molar-refractivity contribution in [3.63, 3.8) is 0 Å². The summed E-state index contributed by atoms with van der Waals surface area (Å²) in [7, 11) is 1.91. The van der Waals surface area contributed by atoms with Crippen LogP contribution in [0.15, 0.2) is 89.7 Å². The summed E-state index contributed by atoms with van der Waals surface area (Å²) in [4.78, 5) is 9.08. The SMILES string of the molecule is Cn1nc(-c2ccc(OCc3ccccc3)nc2OCc2ccccc2)c2cnc(Br)cc21. The van der Waals surface area contributed by atoms with E-state index >= 15 is 0 Å². The van der Waals surface area contributed by atoms with Crippen molar-refractivity contribution in [3.8, 4) is 23.0 Å². The average molecular weight is 501 g/mol. The van der Waals surface area contributed by atoms with Crippen LogP contribution in [0.5, 0.6) is 11.8 Å². The molecular weight excluding hydrogens is 480 g/mol. The van der Waals surface area contributed by atoms with Crippen LogP contribution in [0.25, 0.3) is 22.2 Å². The van der Waals surface area contributed by atoms with Crippen LogP contribution in [0.3, 0.4) is 0 Å². The third-order valence-corrected chi connectivity index (χ3v) is 5.67. The molecule has 0 radical (unpaired) electrons. The average Bonchev–Trinajstić information content (AvgIpc) is 3.18. The van der Waals surface area contributed by atoms with Crippen molar-refractivity contribution in [3.05, 3.63) is 101 Å². The second kappa shape index (κ2) is 9.42. The van der Waals surface area contributed by atoms with E-state index in [1.165, 1.54) is 0 Å². The van der Waals surface area contributed by atoms with Crippen molar-refractivity contribution in [1.29, 1.82) is 0 Å². The highest BCUT2D eigenvalue weighted by Crippen LogP contribution is 2.35. The maximum Gasteiger partial charge on any atom is 0.226 e. The van der Waals surface area contributed by atoms with Crippen molar-refractivity contribution in [2.24, 2.45) is 7.05 Å². The Labute approximate surface area is 200 Å². The predicted molar refractivity (Wildman–Crippen MR) is 131 cm³/mol. The van der Waals surface area contributed by atoms with E-state index in [0.717, 1.165) is 37.9 Å². The zero-order valence-corrected chi connectivity index (χ0v) is 19.6. The molecular formula is C26H21BrN4O2. The van der Waals surface area contributed by atoms with E-state index in [-0.39, 0.29) is 0 Å². The van der Waals surface area contributed by atoms with Gasteiger partial charge in [-0.3, -0.25) is 4.68 Å². The van der Waals surface area contributed by atoms with E-state index in [1.54, 1.807) is 0 Å². The molecule has 0 aliphatic rings. The smallest absolute Gasteiger partial charge is 0.226 e. The van der Waals surface area contributed by atoms with Gasteiger partial charge in [-0.2, -0.15) is 10.1 Å². The Morgan fingerprint density at radius 3 is 2.21 bits per heavy atom. The second-order valence-electron chi connectivity index (χ2n) is 7.55. The van der Waals surface area contributed by atoms with Crippen molar-refractivity contribution in [1.82, 2.24) is 19.7 Å². The predicted octanol–water partition coefficient (Wildman–Crippen LogP) is 5.95. The largest absolute Gasteiger partial charge is 0.473 e. The first-order chi connectivity index (χ1) is 16.2. The van der Waals surface area contributed by atoms with Crippen LogP contribution in [0.1, 0.15) is 11.1 Å². The number of hydrogen-bond donors (Lipinski definition) is 0. The van der Waals surface area contributed by atoms with Crippen LogP contribution in [0.2, 0.25) is 0 Å². The van der Waals surface area contributed by atoms with Crippen LogP contribution in [0, 0.1) is 0 Å². The van der Waals surface area contributed by atoms with Crippen LogP contribution in [-0.2, 0) is 20.3 Å². The van der Waals surface area contributed by atoms with Crippen LogP contribution in [-0.4, -0.2) is 19.7 Å². The number of aryl methyl sites for hydroxylation is 1. The van der Waals surface area contributed by atoms with Crippen molar-refractivity contribution in [2.45, 2.75) is 13.2 Å². The Morgan fingerprint density at radius 2 is 1.52 bits per heavy atom. The second-order valence-corrected chi connectivity index (χ2v) is 8.36. The summed E-state index contributed by atoms with van der Waals surface area (Å²) < 4.78 is 14.7. The van der Waals surface area contributed by atoms with E-state index in [0.29, 0.717) is 25.0 Å². The van der Waals surface area contributed by atoms with Gasteiger partial charge < -0.3 is 9.47 Å². The Bertz CT molecular complexity index is 1390. The molecule has 0 fully saturated rings. The fraction of sp³-hybridized carbons (Fsp3) is 0.115. The zero-order valence-electron chi connectivity index (χ0n) is 18.0. The number of halogens is 1. The minimum Gasteiger partial charge on any atom is -0.473 e. The van der Waals surface area contributed by atoms with Gasteiger partial charge in [-0.05, 0) is 39.2 Å². The topological polar surface area (TPSA) is 62.1 Å². The molecule has 0 spiro atoms. The normalized spacial score (nSPS) is 11.0. The van der Waals surface area contributed by atoms with Gasteiger partial charge in [-0.25, -0.2) is 4.98 Å². The molecule has 6 nitrogen and oxygen atoms in total. The molecule has 0 saturated carbocycles. The lowest BCUT2D eigenvalue weighted by Crippen LogP contribution is -2.02. The summed E-state index contributed by atoms with van der Waals surface area (Å²) in [5.41, 5.74) is 4.63. The Hall–Kier alpha value is -3.71. The molecule has 164 valence electrons. The number of nitrogens with zero attached hydrogens (tertiary/aromatic N) is 4. The number of hydrogen-bond acceptors (Lipinski definition) is 5. The Balaban J connectivity index is 1.51. The molecule has 5 aromatic rings. The van der Waals surface area contributed by atoms with Gasteiger partial charge in [0.1, 0.15) is 23.5 Å². The standard InChI is InChI=1S/C26H21BrN4O2/c1-31-22-14-23(27)28-15-21(22)25(30-31)20-12-13-24(32-16-18-8-4-2-5-9-18)29-26(20)33-17-19-10-6-3-7-11-19/h2-15H,16-17H2,1H3. The number of ether oxygens (including phenoxy) is 2. The van der Waals surface area contributed by atoms with Gasteiger partial charge in [-0.1, -0.05) is 60.7 Å². The van der Waals surface area contributed by atoms with Gasteiger partial charge in [0.05, 0.1) is 11.1 Å². The number of rotatable bonds is 7. The third kappa shape index (κ3) is 4.73. The molecule has 0 saturated heterocycles. The molecule has 0 unspecified atom stereocenters. The summed E-state index contributed by atoms with van der Waals surface area (Å²) in [6.45, 7) is 0.813. The molecule has 0 N–H and O–H groups in total. The number of aromatic nitrogens is 4. The van der Waals surface area contributed by atoms with Crippen LogP contribution >= 0.6 is 15.9 Å². The third-order valence-electron chi connectivity index (χ3n) is 5.24. The van der Waals surface area contributed by atoms with E-state index in [2.05, 4.69) is 25.9 Å². The van der Waals surface area contributed by atoms with Crippen molar-refractivity contribution >= 4 is 26.8 Å². The molecule has 33 heavy (non-hydrogen) atoms. The van der Waals surface area contributed by atoms with Gasteiger partial charge in [0, 0.05) is 24.7 Å². The maximum atomic E-state index is 6.18. The Kier molecular flexibility index (Phi) is 6.04. The molecule has 2 aromatic carbocycles. The molecule has 3 heterocycles. The highest BCUT2D eigenvalue weighted by atomic mass is 79.9. The number of pyridine rings is 2. The summed E-state index contributed by atoms with van der Waals surface area (Å²) >= 11 is 3.44. The minimum atomic E-state index is 0.386. The monoisotopic (exact) mass is 500 g/mol. The van der Waals surface area contributed by atoms with E-state index in [4.69, 9.17) is 14.6 Å². The first-order valence-corrected chi connectivity index (χ1v) is 11.3. The Morgan fingerprint density at radius 1 is 0.848 bits per heavy atom. The fourth-order valence-electron chi connectivity index (χ4n) is 3.58. The first kappa shape index (κ1) is 21.2. The number of benzene rings is 2. The molecule has 0 aliphatic carbocycles. The lowest BCUT2D eigenvalue weighted by molar-refractivity contribution is 0.268. The lowest BCUT2D eigenvalue weighted by atomic mass is 10.1. The molecule has 0 aliphatic heterocycles. The first-order valence-electron chi connectivity index (χ1n) is 10.5. The van der Waals surface area contributed by atoms with Gasteiger partial charge in [0.2, 0.25) is 11.8 Å². The quantitative estimate of drug-likeness (QED) is 0.258. The summed E-state index contributed by atoms with van der Waals surface area (Å²) in [5.74, 6) is 0.958. The molecule has 0 bridgehead atoms. The van der Waals surface area contributed by atoms with Gasteiger partial charge in [0.15, 0.2) is 0 Å². The molecule has 0 amide bonds. The van der Waals surface area contributed by atoms with Gasteiger partial charge >= 0.3 is 0 Å². The summed E-state index contributed by atoms with van der Waals surface area (Å²) in [6.07, 6.45) is 1.81. The van der Waals surface area contributed by atoms with Crippen molar-refractivity contribution in [2.75, 3.05) is 0 Å². The fourth-order valence-corrected chi connectivity index (χ4v) is 3.90. The highest BCUT2D eigenvalue weighted by molar-refractivity contribution is 9.10. The highest BCUT2D eigenvalue weighted by Gasteiger charge is 2.18. The maximum absolute atomic E-state index is 6.18. The van der Waals surface area contributed by atoms with Gasteiger partial charge in [-0.15, -0.1) is 0 Å². The van der Waals surface area contributed by atoms with Crippen LogP contribution < -0.4 is 9.47 Å². The molecule has 5 rings (SSSR count). The van der Waals surface area contributed by atoms with E-state index in [9.17, 15) is 0 Å². The zero-order chi connectivity index (χ0) is 22.6. The van der Waals surface area contributed by atoms with Crippen molar-refractivity contribution < 1.29 is 9.47 Å².